The van der Waals surface area contributed by atoms with Crippen LogP contribution in [-0.2, 0) is 0 Å². The molecule has 0 aliphatic carbocycles. The minimum Gasteiger partial charge on any atom is -0.495 e. The van der Waals surface area contributed by atoms with Crippen molar-refractivity contribution in [3.8, 4) is 5.75 Å². The molecule has 0 radical (unpaired) electrons. The van der Waals surface area contributed by atoms with Crippen molar-refractivity contribution < 1.29 is 22.7 Å². The lowest BCUT2D eigenvalue weighted by Gasteiger charge is -2.37. The van der Waals surface area contributed by atoms with E-state index in [-0.39, 0.29) is 23.7 Å². The molecule has 2 aromatic heterocycles. The molecule has 180 valence electrons. The Kier molecular flexibility index (Phi) is 5.88. The lowest BCUT2D eigenvalue weighted by Crippen LogP contribution is -2.49. The molecule has 1 aromatic carbocycles. The van der Waals surface area contributed by atoms with Crippen molar-refractivity contribution >= 4 is 28.7 Å². The average Bonchev–Trinajstić information content (AvgIpc) is 3.53. The quantitative estimate of drug-likeness (QED) is 0.579. The molecule has 1 amide bonds. The van der Waals surface area contributed by atoms with E-state index in [9.17, 15) is 18.0 Å². The average molecular weight is 492 g/mol. The molecule has 1 fully saturated rings. The Balaban J connectivity index is 1.36. The van der Waals surface area contributed by atoms with Crippen LogP contribution in [0.2, 0.25) is 0 Å². The Morgan fingerprint density at radius 1 is 1.15 bits per heavy atom. The monoisotopic (exact) mass is 491 g/mol. The van der Waals surface area contributed by atoms with Crippen LogP contribution in [0.15, 0.2) is 48.0 Å². The molecule has 0 unspecified atom stereocenters. The minimum atomic E-state index is -4.47. The standard InChI is InChI=1S/C23H24F3N5O2S/c1-33-18-6-3-2-5-17(18)29-8-10-30(11-9-29)22(32)15-14-27-31-20(23(24,25)26)13-16(28-21(15)31)19-7-4-12-34-19/h2-7,12,14,16,20,28H,8-11,13H2,1H3/t16-,20-/m1/s1. The molecule has 5 rings (SSSR count). The van der Waals surface area contributed by atoms with Crippen molar-refractivity contribution in [1.29, 1.82) is 0 Å². The SMILES string of the molecule is COc1ccccc1N1CCN(C(=O)c2cnn3c2N[C@@H](c2cccs2)C[C@@H]3C(F)(F)F)CC1. The fourth-order valence-electron chi connectivity index (χ4n) is 4.61. The predicted molar refractivity (Wildman–Crippen MR) is 124 cm³/mol. The second-order valence-corrected chi connectivity index (χ2v) is 9.29. The normalized spacial score (nSPS) is 20.6. The summed E-state index contributed by atoms with van der Waals surface area (Å²) in [4.78, 5) is 18.0. The van der Waals surface area contributed by atoms with Gasteiger partial charge in [0, 0.05) is 37.5 Å². The third-order valence-electron chi connectivity index (χ3n) is 6.35. The number of aromatic nitrogens is 2. The summed E-state index contributed by atoms with van der Waals surface area (Å²) < 4.78 is 48.0. The van der Waals surface area contributed by atoms with Crippen molar-refractivity contribution in [2.45, 2.75) is 24.7 Å². The second-order valence-electron chi connectivity index (χ2n) is 8.31. The van der Waals surface area contributed by atoms with Gasteiger partial charge in [-0.15, -0.1) is 11.3 Å². The zero-order valence-corrected chi connectivity index (χ0v) is 19.3. The van der Waals surface area contributed by atoms with Crippen molar-refractivity contribution in [3.63, 3.8) is 0 Å². The molecule has 2 atom stereocenters. The minimum absolute atomic E-state index is 0.129. The number of amides is 1. The van der Waals surface area contributed by atoms with Crippen LogP contribution in [0.25, 0.3) is 0 Å². The van der Waals surface area contributed by atoms with Crippen LogP contribution >= 0.6 is 11.3 Å². The lowest BCUT2D eigenvalue weighted by atomic mass is 10.0. The number of piperazine rings is 1. The van der Waals surface area contributed by atoms with Crippen LogP contribution in [0, 0.1) is 0 Å². The topological polar surface area (TPSA) is 62.6 Å². The number of carbonyl (C=O) groups is 1. The van der Waals surface area contributed by atoms with E-state index in [2.05, 4.69) is 15.3 Å². The van der Waals surface area contributed by atoms with E-state index >= 15 is 0 Å². The van der Waals surface area contributed by atoms with Gasteiger partial charge in [0.1, 0.15) is 17.1 Å². The van der Waals surface area contributed by atoms with E-state index < -0.39 is 18.3 Å². The van der Waals surface area contributed by atoms with Crippen LogP contribution in [0.1, 0.15) is 33.7 Å². The molecule has 4 heterocycles. The highest BCUT2D eigenvalue weighted by atomic mass is 32.1. The van der Waals surface area contributed by atoms with Crippen molar-refractivity contribution in [2.75, 3.05) is 43.5 Å². The Morgan fingerprint density at radius 3 is 2.59 bits per heavy atom. The summed E-state index contributed by atoms with van der Waals surface area (Å²) in [5.74, 6) is 0.570. The zero-order valence-electron chi connectivity index (χ0n) is 18.5. The van der Waals surface area contributed by atoms with Gasteiger partial charge < -0.3 is 19.9 Å². The highest BCUT2D eigenvalue weighted by molar-refractivity contribution is 7.10. The van der Waals surface area contributed by atoms with Crippen LogP contribution in [0.4, 0.5) is 24.7 Å². The van der Waals surface area contributed by atoms with Crippen LogP contribution < -0.4 is 15.0 Å². The first-order valence-electron chi connectivity index (χ1n) is 11.0. The number of thiophene rings is 1. The summed E-state index contributed by atoms with van der Waals surface area (Å²) >= 11 is 1.39. The number of nitrogens with one attached hydrogen (secondary N) is 1. The van der Waals surface area contributed by atoms with Gasteiger partial charge in [-0.2, -0.15) is 18.3 Å². The number of anilines is 2. The molecule has 0 saturated carbocycles. The fraction of sp³-hybridized carbons (Fsp3) is 0.391. The zero-order chi connectivity index (χ0) is 23.9. The van der Waals surface area contributed by atoms with Crippen molar-refractivity contribution in [2.24, 2.45) is 0 Å². The molecule has 0 spiro atoms. The summed E-state index contributed by atoms with van der Waals surface area (Å²) in [6, 6.07) is 8.97. The second kappa shape index (κ2) is 8.86. The molecule has 2 aliphatic rings. The van der Waals surface area contributed by atoms with Gasteiger partial charge in [0.05, 0.1) is 25.0 Å². The maximum Gasteiger partial charge on any atom is 0.410 e. The van der Waals surface area contributed by atoms with Crippen LogP contribution in [0.3, 0.4) is 0 Å². The molecular formula is C23H24F3N5O2S. The smallest absolute Gasteiger partial charge is 0.410 e. The maximum absolute atomic E-state index is 13.9. The van der Waals surface area contributed by atoms with E-state index in [1.54, 1.807) is 18.1 Å². The number of ether oxygens (including phenoxy) is 1. The lowest BCUT2D eigenvalue weighted by molar-refractivity contribution is -0.173. The van der Waals surface area contributed by atoms with E-state index in [0.29, 0.717) is 26.2 Å². The van der Waals surface area contributed by atoms with Gasteiger partial charge in [-0.1, -0.05) is 18.2 Å². The molecule has 0 bridgehead atoms. The highest BCUT2D eigenvalue weighted by Gasteiger charge is 2.47. The van der Waals surface area contributed by atoms with Gasteiger partial charge in [0.2, 0.25) is 0 Å². The van der Waals surface area contributed by atoms with Gasteiger partial charge >= 0.3 is 6.18 Å². The van der Waals surface area contributed by atoms with Gasteiger partial charge in [0.25, 0.3) is 5.91 Å². The number of carbonyl (C=O) groups excluding carboxylic acids is 1. The Labute approximate surface area is 198 Å². The van der Waals surface area contributed by atoms with E-state index in [1.165, 1.54) is 17.5 Å². The summed E-state index contributed by atoms with van der Waals surface area (Å²) in [5, 5.41) is 8.97. The van der Waals surface area contributed by atoms with Crippen molar-refractivity contribution in [3.05, 3.63) is 58.4 Å². The number of hydrogen-bond donors (Lipinski definition) is 1. The molecule has 11 heteroatoms. The first kappa shape index (κ1) is 22.6. The summed E-state index contributed by atoms with van der Waals surface area (Å²) in [5.41, 5.74) is 1.12. The number of rotatable bonds is 4. The molecule has 1 N–H and O–H groups in total. The molecule has 7 nitrogen and oxygen atoms in total. The fourth-order valence-corrected chi connectivity index (χ4v) is 5.40. The van der Waals surface area contributed by atoms with Crippen LogP contribution in [-0.4, -0.2) is 60.1 Å². The Morgan fingerprint density at radius 2 is 1.91 bits per heavy atom. The number of alkyl halides is 3. The molecular weight excluding hydrogens is 467 g/mol. The first-order chi connectivity index (χ1) is 16.4. The summed E-state index contributed by atoms with van der Waals surface area (Å²) in [7, 11) is 1.62. The Hall–Kier alpha value is -3.21. The van der Waals surface area contributed by atoms with Gasteiger partial charge in [-0.05, 0) is 23.6 Å². The van der Waals surface area contributed by atoms with E-state index in [4.69, 9.17) is 4.74 Å². The molecule has 1 saturated heterocycles. The number of nitrogens with zero attached hydrogens (tertiary/aromatic N) is 4. The van der Waals surface area contributed by atoms with E-state index in [1.807, 2.05) is 35.7 Å². The third kappa shape index (κ3) is 4.08. The summed E-state index contributed by atoms with van der Waals surface area (Å²) in [6.07, 6.45) is -3.39. The maximum atomic E-state index is 13.9. The number of fused-ring (bicyclic) bond motifs is 1. The third-order valence-corrected chi connectivity index (χ3v) is 7.33. The number of hydrogen-bond acceptors (Lipinski definition) is 6. The Bertz CT molecular complexity index is 1160. The molecule has 34 heavy (non-hydrogen) atoms. The molecule has 2 aliphatic heterocycles. The predicted octanol–water partition coefficient (Wildman–Crippen LogP) is 4.58. The number of benzene rings is 1. The van der Waals surface area contributed by atoms with E-state index in [0.717, 1.165) is 21.0 Å². The summed E-state index contributed by atoms with van der Waals surface area (Å²) in [6.45, 7) is 2.06. The van der Waals surface area contributed by atoms with Crippen molar-refractivity contribution in [1.82, 2.24) is 14.7 Å². The van der Waals surface area contributed by atoms with Gasteiger partial charge in [0.15, 0.2) is 6.04 Å². The first-order valence-corrected chi connectivity index (χ1v) is 11.9. The number of halogens is 3. The largest absolute Gasteiger partial charge is 0.495 e. The molecule has 3 aromatic rings. The highest BCUT2D eigenvalue weighted by Crippen LogP contribution is 2.45. The number of methoxy groups -OCH3 is 1. The van der Waals surface area contributed by atoms with Crippen LogP contribution in [0.5, 0.6) is 5.75 Å². The van der Waals surface area contributed by atoms with Gasteiger partial charge in [-0.3, -0.25) is 4.79 Å². The van der Waals surface area contributed by atoms with Gasteiger partial charge in [-0.25, -0.2) is 4.68 Å². The number of para-hydroxylation sites is 2.